The molecule has 0 saturated carbocycles. The van der Waals surface area contributed by atoms with Gasteiger partial charge >= 0.3 is 6.03 Å². The number of hydrogen-bond acceptors (Lipinski definition) is 4. The third kappa shape index (κ3) is 3.82. The Hall–Kier alpha value is -3.61. The molecule has 0 radical (unpaired) electrons. The van der Waals surface area contributed by atoms with Gasteiger partial charge in [0.2, 0.25) is 0 Å². The van der Waals surface area contributed by atoms with Crippen molar-refractivity contribution in [2.45, 2.75) is 19.5 Å². The lowest BCUT2D eigenvalue weighted by atomic mass is 10.2. The van der Waals surface area contributed by atoms with Crippen LogP contribution in [0.15, 0.2) is 71.8 Å². The summed E-state index contributed by atoms with van der Waals surface area (Å²) >= 11 is 0. The van der Waals surface area contributed by atoms with Crippen molar-refractivity contribution in [2.24, 2.45) is 0 Å². The Balaban J connectivity index is 1.32. The lowest BCUT2D eigenvalue weighted by Crippen LogP contribution is -2.36. The van der Waals surface area contributed by atoms with E-state index in [0.29, 0.717) is 6.54 Å². The van der Waals surface area contributed by atoms with Crippen LogP contribution in [0.4, 0.5) is 4.79 Å². The van der Waals surface area contributed by atoms with Gasteiger partial charge in [-0.1, -0.05) is 24.3 Å². The van der Waals surface area contributed by atoms with E-state index in [1.807, 2.05) is 60.2 Å². The van der Waals surface area contributed by atoms with E-state index in [1.54, 1.807) is 18.7 Å². The highest BCUT2D eigenvalue weighted by molar-refractivity contribution is 5.78. The summed E-state index contributed by atoms with van der Waals surface area (Å²) in [5, 5.41) is 6.74. The van der Waals surface area contributed by atoms with Gasteiger partial charge in [-0.25, -0.2) is 14.8 Å². The number of pyridine rings is 1. The monoisotopic (exact) mass is 361 g/mol. The lowest BCUT2D eigenvalue weighted by Gasteiger charge is -2.12. The maximum atomic E-state index is 12.2. The molecule has 4 rings (SSSR count). The Morgan fingerprint density at radius 3 is 2.89 bits per heavy atom. The van der Waals surface area contributed by atoms with Gasteiger partial charge in [-0.15, -0.1) is 0 Å². The quantitative estimate of drug-likeness (QED) is 0.569. The van der Waals surface area contributed by atoms with Gasteiger partial charge in [-0.3, -0.25) is 4.57 Å². The molecule has 0 aliphatic carbocycles. The minimum atomic E-state index is -0.262. The number of carbonyl (C=O) groups excluding carboxylic acids is 1. The zero-order valence-electron chi connectivity index (χ0n) is 14.8. The van der Waals surface area contributed by atoms with Crippen LogP contribution in [0.3, 0.4) is 0 Å². The highest BCUT2D eigenvalue weighted by Gasteiger charge is 2.14. The van der Waals surface area contributed by atoms with Crippen LogP contribution in [0.1, 0.15) is 24.3 Å². The first kappa shape index (κ1) is 16.8. The van der Waals surface area contributed by atoms with Crippen molar-refractivity contribution in [3.05, 3.63) is 78.7 Å². The summed E-state index contributed by atoms with van der Waals surface area (Å²) in [6.45, 7) is 2.27. The summed E-state index contributed by atoms with van der Waals surface area (Å²) in [7, 11) is 0. The second-order valence-corrected chi connectivity index (χ2v) is 6.23. The average molecular weight is 361 g/mol. The van der Waals surface area contributed by atoms with Crippen molar-refractivity contribution in [3.8, 4) is 5.82 Å². The molecule has 2 N–H and O–H groups in total. The molecule has 3 heterocycles. The van der Waals surface area contributed by atoms with E-state index in [-0.39, 0.29) is 12.1 Å². The molecule has 1 unspecified atom stereocenters. The molecule has 0 aliphatic rings. The number of amides is 2. The van der Waals surface area contributed by atoms with Gasteiger partial charge in [-0.2, -0.15) is 0 Å². The van der Waals surface area contributed by atoms with Crippen LogP contribution in [0, 0.1) is 0 Å². The molecule has 0 saturated heterocycles. The Morgan fingerprint density at radius 1 is 1.26 bits per heavy atom. The van der Waals surface area contributed by atoms with Gasteiger partial charge in [0.15, 0.2) is 0 Å². The number of nitrogens with zero attached hydrogens (tertiary/aromatic N) is 3. The Morgan fingerprint density at radius 2 is 2.15 bits per heavy atom. The predicted octanol–water partition coefficient (Wildman–Crippen LogP) is 3.57. The van der Waals surface area contributed by atoms with Crippen molar-refractivity contribution < 1.29 is 9.21 Å². The summed E-state index contributed by atoms with van der Waals surface area (Å²) in [5.41, 5.74) is 1.72. The molecule has 0 bridgehead atoms. The lowest BCUT2D eigenvalue weighted by molar-refractivity contribution is 0.236. The summed E-state index contributed by atoms with van der Waals surface area (Å²) in [5.74, 6) is 1.50. The molecule has 1 aromatic carbocycles. The molecule has 27 heavy (non-hydrogen) atoms. The average Bonchev–Trinajstić information content (AvgIpc) is 3.36. The summed E-state index contributed by atoms with van der Waals surface area (Å²) in [6.07, 6.45) is 6.95. The number of carbonyl (C=O) groups is 1. The number of rotatable bonds is 5. The normalized spacial score (nSPS) is 12.0. The first-order chi connectivity index (χ1) is 13.2. The van der Waals surface area contributed by atoms with E-state index in [4.69, 9.17) is 4.42 Å². The standard InChI is InChI=1S/C20H19N5O2/c1-14(18-10-16-4-2-3-5-17(16)27-18)24-20(26)23-12-15-6-7-19(22-11-15)25-9-8-21-13-25/h2-11,13-14H,12H2,1H3,(H2,23,24,26). The number of fused-ring (bicyclic) bond motifs is 1. The highest BCUT2D eigenvalue weighted by Crippen LogP contribution is 2.23. The van der Waals surface area contributed by atoms with Crippen molar-refractivity contribution in [1.82, 2.24) is 25.2 Å². The van der Waals surface area contributed by atoms with E-state index in [2.05, 4.69) is 20.6 Å². The van der Waals surface area contributed by atoms with E-state index in [0.717, 1.165) is 28.1 Å². The SMILES string of the molecule is CC(NC(=O)NCc1ccc(-n2ccnc2)nc1)c1cc2ccccc2o1. The largest absolute Gasteiger partial charge is 0.459 e. The zero-order chi connectivity index (χ0) is 18.6. The van der Waals surface area contributed by atoms with Crippen LogP contribution in [0.25, 0.3) is 16.8 Å². The number of furan rings is 1. The first-order valence-corrected chi connectivity index (χ1v) is 8.65. The van der Waals surface area contributed by atoms with Crippen molar-refractivity contribution in [3.63, 3.8) is 0 Å². The maximum absolute atomic E-state index is 12.2. The number of para-hydroxylation sites is 1. The van der Waals surface area contributed by atoms with Crippen molar-refractivity contribution >= 4 is 17.0 Å². The molecule has 4 aromatic rings. The summed E-state index contributed by atoms with van der Waals surface area (Å²) < 4.78 is 7.60. The summed E-state index contributed by atoms with van der Waals surface area (Å²) in [4.78, 5) is 20.5. The number of urea groups is 1. The third-order valence-electron chi connectivity index (χ3n) is 4.25. The molecule has 0 spiro atoms. The second kappa shape index (κ2) is 7.33. The minimum absolute atomic E-state index is 0.237. The van der Waals surface area contributed by atoms with E-state index >= 15 is 0 Å². The Bertz CT molecular complexity index is 1000. The molecule has 0 aliphatic heterocycles. The van der Waals surface area contributed by atoms with Crippen LogP contribution in [-0.2, 0) is 6.54 Å². The van der Waals surface area contributed by atoms with Gasteiger partial charge in [-0.05, 0) is 30.7 Å². The molecule has 3 aromatic heterocycles. The fourth-order valence-electron chi connectivity index (χ4n) is 2.79. The zero-order valence-corrected chi connectivity index (χ0v) is 14.8. The van der Waals surface area contributed by atoms with E-state index in [1.165, 1.54) is 0 Å². The molecule has 7 nitrogen and oxygen atoms in total. The molecule has 2 amide bonds. The van der Waals surface area contributed by atoms with Crippen LogP contribution in [-0.4, -0.2) is 20.6 Å². The fraction of sp³-hybridized carbons (Fsp3) is 0.150. The van der Waals surface area contributed by atoms with Crippen LogP contribution in [0.5, 0.6) is 0 Å². The minimum Gasteiger partial charge on any atom is -0.459 e. The van der Waals surface area contributed by atoms with Crippen molar-refractivity contribution in [1.29, 1.82) is 0 Å². The van der Waals surface area contributed by atoms with Crippen LogP contribution < -0.4 is 10.6 Å². The Kier molecular flexibility index (Phi) is 4.57. The Labute approximate surface area is 156 Å². The molecular weight excluding hydrogens is 342 g/mol. The fourth-order valence-corrected chi connectivity index (χ4v) is 2.79. The van der Waals surface area contributed by atoms with Gasteiger partial charge in [0, 0.05) is 30.5 Å². The molecular formula is C20H19N5O2. The second-order valence-electron chi connectivity index (χ2n) is 6.23. The number of hydrogen-bond donors (Lipinski definition) is 2. The number of aromatic nitrogens is 3. The molecule has 1 atom stereocenters. The van der Waals surface area contributed by atoms with Crippen LogP contribution in [0.2, 0.25) is 0 Å². The first-order valence-electron chi connectivity index (χ1n) is 8.65. The summed E-state index contributed by atoms with van der Waals surface area (Å²) in [6, 6.07) is 13.0. The topological polar surface area (TPSA) is 85.0 Å². The predicted molar refractivity (Wildman–Crippen MR) is 101 cm³/mol. The van der Waals surface area contributed by atoms with E-state index in [9.17, 15) is 4.79 Å². The third-order valence-corrected chi connectivity index (χ3v) is 4.25. The van der Waals surface area contributed by atoms with Gasteiger partial charge in [0.25, 0.3) is 0 Å². The molecule has 0 fully saturated rings. The number of imidazole rings is 1. The number of nitrogens with one attached hydrogen (secondary N) is 2. The van der Waals surface area contributed by atoms with Gasteiger partial charge < -0.3 is 15.1 Å². The van der Waals surface area contributed by atoms with Gasteiger partial charge in [0.1, 0.15) is 23.5 Å². The smallest absolute Gasteiger partial charge is 0.315 e. The number of benzene rings is 1. The maximum Gasteiger partial charge on any atom is 0.315 e. The van der Waals surface area contributed by atoms with E-state index < -0.39 is 0 Å². The highest BCUT2D eigenvalue weighted by atomic mass is 16.3. The van der Waals surface area contributed by atoms with Gasteiger partial charge in [0.05, 0.1) is 6.04 Å². The molecule has 136 valence electrons. The van der Waals surface area contributed by atoms with Crippen molar-refractivity contribution in [2.75, 3.05) is 0 Å². The van der Waals surface area contributed by atoms with Crippen LogP contribution >= 0.6 is 0 Å². The molecule has 7 heteroatoms.